The van der Waals surface area contributed by atoms with E-state index < -0.39 is 11.5 Å². The van der Waals surface area contributed by atoms with Crippen molar-refractivity contribution in [2.24, 2.45) is 11.1 Å². The largest absolute Gasteiger partial charge is 0.480 e. The molecule has 2 atom stereocenters. The van der Waals surface area contributed by atoms with Crippen molar-refractivity contribution < 1.29 is 9.90 Å². The Bertz CT molecular complexity index is 341. The highest BCUT2D eigenvalue weighted by Gasteiger charge is 2.44. The van der Waals surface area contributed by atoms with Gasteiger partial charge >= 0.3 is 5.97 Å². The van der Waals surface area contributed by atoms with Crippen LogP contribution < -0.4 is 5.73 Å². The topological polar surface area (TPSA) is 66.6 Å². The van der Waals surface area contributed by atoms with E-state index in [1.807, 2.05) is 0 Å². The fourth-order valence-electron chi connectivity index (χ4n) is 3.89. The molecule has 2 unspecified atom stereocenters. The van der Waals surface area contributed by atoms with Gasteiger partial charge in [-0.25, -0.2) is 0 Å². The van der Waals surface area contributed by atoms with Crippen LogP contribution in [0, 0.1) is 5.41 Å². The normalized spacial score (nSPS) is 35.4. The number of aliphatic carboxylic acids is 1. The molecular weight excluding hydrogens is 240 g/mol. The van der Waals surface area contributed by atoms with Gasteiger partial charge in [0, 0.05) is 12.6 Å². The highest BCUT2D eigenvalue weighted by atomic mass is 16.4. The molecule has 2 fully saturated rings. The Morgan fingerprint density at radius 2 is 2.05 bits per heavy atom. The van der Waals surface area contributed by atoms with Crippen molar-refractivity contribution in [3.05, 3.63) is 0 Å². The molecule has 0 amide bonds. The lowest BCUT2D eigenvalue weighted by Crippen LogP contribution is -2.55. The number of carbonyl (C=O) groups is 1. The van der Waals surface area contributed by atoms with Gasteiger partial charge in [-0.05, 0) is 56.9 Å². The van der Waals surface area contributed by atoms with E-state index in [2.05, 4.69) is 18.7 Å². The van der Waals surface area contributed by atoms with Crippen LogP contribution in [0.5, 0.6) is 0 Å². The Kier molecular flexibility index (Phi) is 4.21. The lowest BCUT2D eigenvalue weighted by atomic mass is 9.78. The van der Waals surface area contributed by atoms with E-state index in [-0.39, 0.29) is 0 Å². The summed E-state index contributed by atoms with van der Waals surface area (Å²) in [5.41, 5.74) is 5.53. The first-order valence-electron chi connectivity index (χ1n) is 7.71. The number of hydrogen-bond donors (Lipinski definition) is 2. The predicted octanol–water partition coefficient (Wildman–Crippen LogP) is 2.22. The molecule has 1 saturated heterocycles. The third-order valence-corrected chi connectivity index (χ3v) is 5.67. The van der Waals surface area contributed by atoms with Crippen molar-refractivity contribution in [2.75, 3.05) is 13.1 Å². The number of hydrogen-bond acceptors (Lipinski definition) is 3. The van der Waals surface area contributed by atoms with Gasteiger partial charge in [-0.2, -0.15) is 0 Å². The van der Waals surface area contributed by atoms with E-state index in [1.54, 1.807) is 0 Å². The summed E-state index contributed by atoms with van der Waals surface area (Å²) in [6.07, 6.45) is 6.98. The minimum atomic E-state index is -0.993. The monoisotopic (exact) mass is 268 g/mol. The van der Waals surface area contributed by atoms with Crippen molar-refractivity contribution in [3.8, 4) is 0 Å². The minimum Gasteiger partial charge on any atom is -0.480 e. The number of carboxylic acids is 1. The first kappa shape index (κ1) is 14.8. The summed E-state index contributed by atoms with van der Waals surface area (Å²) in [6.45, 7) is 6.79. The molecule has 3 N–H and O–H groups in total. The fraction of sp³-hybridized carbons (Fsp3) is 0.933. The number of carboxylic acid groups (broad SMARTS) is 1. The maximum absolute atomic E-state index is 11.3. The van der Waals surface area contributed by atoms with Gasteiger partial charge < -0.3 is 10.8 Å². The molecule has 0 aromatic heterocycles. The second kappa shape index (κ2) is 5.41. The Morgan fingerprint density at radius 1 is 1.37 bits per heavy atom. The molecule has 2 aliphatic rings. The van der Waals surface area contributed by atoms with Crippen LogP contribution in [-0.4, -0.2) is 40.6 Å². The second-order valence-electron chi connectivity index (χ2n) is 6.64. The van der Waals surface area contributed by atoms with Crippen molar-refractivity contribution in [2.45, 2.75) is 70.4 Å². The average Bonchev–Trinajstić information content (AvgIpc) is 2.84. The molecule has 0 aromatic rings. The summed E-state index contributed by atoms with van der Waals surface area (Å²) in [7, 11) is 0. The van der Waals surface area contributed by atoms with Crippen molar-refractivity contribution in [1.82, 2.24) is 4.90 Å². The maximum Gasteiger partial charge on any atom is 0.323 e. The van der Waals surface area contributed by atoms with Gasteiger partial charge in [-0.1, -0.05) is 13.8 Å². The first-order valence-corrected chi connectivity index (χ1v) is 7.71. The summed E-state index contributed by atoms with van der Waals surface area (Å²) in [5, 5.41) is 9.31. The molecule has 4 nitrogen and oxygen atoms in total. The molecule has 0 radical (unpaired) electrons. The Labute approximate surface area is 116 Å². The van der Waals surface area contributed by atoms with Crippen molar-refractivity contribution in [3.63, 3.8) is 0 Å². The highest BCUT2D eigenvalue weighted by molar-refractivity contribution is 5.78. The van der Waals surface area contributed by atoms with Crippen LogP contribution in [-0.2, 0) is 4.79 Å². The van der Waals surface area contributed by atoms with E-state index in [0.717, 1.165) is 25.9 Å². The van der Waals surface area contributed by atoms with E-state index in [0.29, 0.717) is 24.3 Å². The predicted molar refractivity (Wildman–Crippen MR) is 76.0 cm³/mol. The molecule has 1 saturated carbocycles. The van der Waals surface area contributed by atoms with Crippen LogP contribution in [0.2, 0.25) is 0 Å². The average molecular weight is 268 g/mol. The standard InChI is InChI=1S/C15H28N2O2/c1-3-14(4-2)8-9-17(11-14)12-6-5-7-15(16,10-12)13(18)19/h12H,3-11,16H2,1-2H3,(H,18,19). The molecule has 19 heavy (non-hydrogen) atoms. The molecule has 110 valence electrons. The third kappa shape index (κ3) is 2.79. The van der Waals surface area contributed by atoms with Gasteiger partial charge in [0.15, 0.2) is 0 Å². The quantitative estimate of drug-likeness (QED) is 0.820. The van der Waals surface area contributed by atoms with Gasteiger partial charge in [0.2, 0.25) is 0 Å². The number of rotatable bonds is 4. The zero-order valence-corrected chi connectivity index (χ0v) is 12.3. The first-order chi connectivity index (χ1) is 8.95. The van der Waals surface area contributed by atoms with Crippen molar-refractivity contribution >= 4 is 5.97 Å². The molecule has 0 aromatic carbocycles. The van der Waals surface area contributed by atoms with Crippen LogP contribution in [0.4, 0.5) is 0 Å². The SMILES string of the molecule is CCC1(CC)CCN(C2CCCC(N)(C(=O)O)C2)C1. The minimum absolute atomic E-state index is 0.370. The van der Waals surface area contributed by atoms with E-state index in [4.69, 9.17) is 5.73 Å². The van der Waals surface area contributed by atoms with Crippen LogP contribution in [0.15, 0.2) is 0 Å². The molecule has 0 bridgehead atoms. The Balaban J connectivity index is 2.02. The Morgan fingerprint density at radius 3 is 2.58 bits per heavy atom. The summed E-state index contributed by atoms with van der Waals surface area (Å²) < 4.78 is 0. The lowest BCUT2D eigenvalue weighted by molar-refractivity contribution is -0.145. The maximum atomic E-state index is 11.3. The third-order valence-electron chi connectivity index (χ3n) is 5.67. The summed E-state index contributed by atoms with van der Waals surface area (Å²) >= 11 is 0. The van der Waals surface area contributed by atoms with Gasteiger partial charge in [-0.15, -0.1) is 0 Å². The number of nitrogens with zero attached hydrogens (tertiary/aromatic N) is 1. The molecule has 1 aliphatic heterocycles. The number of likely N-dealkylation sites (tertiary alicyclic amines) is 1. The van der Waals surface area contributed by atoms with Crippen LogP contribution >= 0.6 is 0 Å². The van der Waals surface area contributed by atoms with E-state index in [1.165, 1.54) is 19.3 Å². The van der Waals surface area contributed by atoms with Crippen LogP contribution in [0.25, 0.3) is 0 Å². The fourth-order valence-corrected chi connectivity index (χ4v) is 3.89. The number of nitrogens with two attached hydrogens (primary N) is 1. The van der Waals surface area contributed by atoms with Crippen LogP contribution in [0.3, 0.4) is 0 Å². The van der Waals surface area contributed by atoms with Crippen molar-refractivity contribution in [1.29, 1.82) is 0 Å². The van der Waals surface area contributed by atoms with Gasteiger partial charge in [0.1, 0.15) is 5.54 Å². The highest BCUT2D eigenvalue weighted by Crippen LogP contribution is 2.40. The summed E-state index contributed by atoms with van der Waals surface area (Å²) in [5.74, 6) is -0.825. The van der Waals surface area contributed by atoms with E-state index >= 15 is 0 Å². The summed E-state index contributed by atoms with van der Waals surface area (Å²) in [6, 6.07) is 0.370. The van der Waals surface area contributed by atoms with Gasteiger partial charge in [0.25, 0.3) is 0 Å². The van der Waals surface area contributed by atoms with Gasteiger partial charge in [-0.3, -0.25) is 9.69 Å². The zero-order valence-electron chi connectivity index (χ0n) is 12.3. The second-order valence-corrected chi connectivity index (χ2v) is 6.64. The smallest absolute Gasteiger partial charge is 0.323 e. The molecule has 0 spiro atoms. The molecule has 4 heteroatoms. The molecule has 1 heterocycles. The zero-order chi connectivity index (χ0) is 14.1. The van der Waals surface area contributed by atoms with Gasteiger partial charge in [0.05, 0.1) is 0 Å². The van der Waals surface area contributed by atoms with E-state index in [9.17, 15) is 9.90 Å². The molecular formula is C15H28N2O2. The summed E-state index contributed by atoms with van der Waals surface area (Å²) in [4.78, 5) is 13.8. The molecule has 2 rings (SSSR count). The molecule has 1 aliphatic carbocycles. The van der Waals surface area contributed by atoms with Crippen LogP contribution in [0.1, 0.15) is 58.8 Å². The lowest BCUT2D eigenvalue weighted by Gasteiger charge is -2.39. The Hall–Kier alpha value is -0.610.